The average Bonchev–Trinajstić information content (AvgIpc) is 2.47. The van der Waals surface area contributed by atoms with Crippen molar-refractivity contribution in [3.63, 3.8) is 0 Å². The zero-order valence-corrected chi connectivity index (χ0v) is 16.8. The van der Waals surface area contributed by atoms with Crippen molar-refractivity contribution in [1.29, 1.82) is 0 Å². The van der Waals surface area contributed by atoms with Crippen molar-refractivity contribution in [3.05, 3.63) is 0 Å². The Balaban J connectivity index is 3.87. The van der Waals surface area contributed by atoms with Crippen LogP contribution in [-0.2, 0) is 13.6 Å². The molecule has 0 aliphatic carbocycles. The van der Waals surface area contributed by atoms with Crippen LogP contribution in [0.3, 0.4) is 0 Å². The molecule has 0 heterocycles. The number of phosphoric ester groups is 1. The molecule has 140 valence electrons. The smallest absolute Gasteiger partial charge is 0.302 e. The maximum atomic E-state index is 11.9. The van der Waals surface area contributed by atoms with Crippen LogP contribution in [0.4, 0.5) is 0 Å². The normalized spacial score (nSPS) is 17.2. The molecule has 0 saturated heterocycles. The first kappa shape index (κ1) is 23.1. The summed E-state index contributed by atoms with van der Waals surface area (Å²) < 4.78 is 22.2. The lowest BCUT2D eigenvalue weighted by Gasteiger charge is -2.18. The second-order valence-corrected chi connectivity index (χ2v) is 8.69. The largest absolute Gasteiger partial charge is 0.472 e. The first-order chi connectivity index (χ1) is 10.8. The standard InChI is InChI=1S/C18H39O4P/c1-6-8-12-18(7-2)15-22-23(19,20)21-14-13-17(5)11-9-10-16(3)4/h16-18H,6-15H2,1-5H3,(H,19,20). The van der Waals surface area contributed by atoms with Gasteiger partial charge in [0, 0.05) is 0 Å². The summed E-state index contributed by atoms with van der Waals surface area (Å²) in [5.74, 6) is 1.60. The summed E-state index contributed by atoms with van der Waals surface area (Å²) in [7, 11) is -3.89. The van der Waals surface area contributed by atoms with Crippen LogP contribution in [0.25, 0.3) is 0 Å². The molecule has 1 N–H and O–H groups in total. The summed E-state index contributed by atoms with van der Waals surface area (Å²) >= 11 is 0. The molecule has 5 heteroatoms. The molecule has 0 rings (SSSR count). The fraction of sp³-hybridized carbons (Fsp3) is 1.00. The summed E-state index contributed by atoms with van der Waals surface area (Å²) in [5.41, 5.74) is 0. The van der Waals surface area contributed by atoms with Crippen molar-refractivity contribution in [2.75, 3.05) is 13.2 Å². The van der Waals surface area contributed by atoms with E-state index in [9.17, 15) is 9.46 Å². The molecule has 0 radical (unpaired) electrons. The first-order valence-corrected chi connectivity index (χ1v) is 10.9. The third-order valence-electron chi connectivity index (χ3n) is 4.36. The molecule has 0 aromatic carbocycles. The monoisotopic (exact) mass is 350 g/mol. The molecule has 0 aromatic heterocycles. The molecule has 0 spiro atoms. The Labute approximate surface area is 144 Å². The molecule has 0 aliphatic rings. The minimum absolute atomic E-state index is 0.294. The molecular weight excluding hydrogens is 311 g/mol. The Kier molecular flexibility index (Phi) is 13.5. The fourth-order valence-corrected chi connectivity index (χ4v) is 3.33. The van der Waals surface area contributed by atoms with Crippen LogP contribution >= 0.6 is 7.82 Å². The Morgan fingerprint density at radius 2 is 1.65 bits per heavy atom. The van der Waals surface area contributed by atoms with Gasteiger partial charge >= 0.3 is 7.82 Å². The molecule has 0 amide bonds. The molecule has 0 saturated carbocycles. The van der Waals surface area contributed by atoms with E-state index in [1.165, 1.54) is 12.8 Å². The molecule has 4 nitrogen and oxygen atoms in total. The van der Waals surface area contributed by atoms with Crippen LogP contribution in [0.15, 0.2) is 0 Å². The molecule has 0 bridgehead atoms. The van der Waals surface area contributed by atoms with Gasteiger partial charge in [0.2, 0.25) is 0 Å². The van der Waals surface area contributed by atoms with Crippen LogP contribution in [0.1, 0.15) is 86.0 Å². The minimum atomic E-state index is -3.89. The van der Waals surface area contributed by atoms with E-state index in [4.69, 9.17) is 9.05 Å². The quantitative estimate of drug-likeness (QED) is 0.358. The highest BCUT2D eigenvalue weighted by Crippen LogP contribution is 2.44. The van der Waals surface area contributed by atoms with Crippen molar-refractivity contribution in [1.82, 2.24) is 0 Å². The van der Waals surface area contributed by atoms with Gasteiger partial charge in [0.05, 0.1) is 13.2 Å². The second-order valence-electron chi connectivity index (χ2n) is 7.23. The summed E-state index contributed by atoms with van der Waals surface area (Å²) in [5, 5.41) is 0. The van der Waals surface area contributed by atoms with Crippen molar-refractivity contribution in [2.24, 2.45) is 17.8 Å². The third kappa shape index (κ3) is 14.2. The summed E-state index contributed by atoms with van der Waals surface area (Å²) in [4.78, 5) is 9.76. The van der Waals surface area contributed by atoms with E-state index < -0.39 is 7.82 Å². The molecule has 0 aromatic rings. The summed E-state index contributed by atoms with van der Waals surface area (Å²) in [6.45, 7) is 11.5. The molecule has 23 heavy (non-hydrogen) atoms. The number of hydrogen-bond donors (Lipinski definition) is 1. The minimum Gasteiger partial charge on any atom is -0.302 e. The Bertz CT molecular complexity index is 320. The Hall–Kier alpha value is 0.110. The van der Waals surface area contributed by atoms with E-state index in [1.54, 1.807) is 0 Å². The van der Waals surface area contributed by atoms with E-state index in [-0.39, 0.29) is 0 Å². The predicted molar refractivity (Wildman–Crippen MR) is 97.5 cm³/mol. The van der Waals surface area contributed by atoms with E-state index in [0.717, 1.165) is 44.4 Å². The average molecular weight is 350 g/mol. The fourth-order valence-electron chi connectivity index (χ4n) is 2.52. The highest BCUT2D eigenvalue weighted by Gasteiger charge is 2.23. The highest BCUT2D eigenvalue weighted by atomic mass is 31.2. The number of hydrogen-bond acceptors (Lipinski definition) is 3. The van der Waals surface area contributed by atoms with Gasteiger partial charge in [-0.1, -0.05) is 73.1 Å². The van der Waals surface area contributed by atoms with Crippen molar-refractivity contribution >= 4 is 7.82 Å². The summed E-state index contributed by atoms with van der Waals surface area (Å²) in [6, 6.07) is 0. The van der Waals surface area contributed by atoms with Crippen LogP contribution in [0.2, 0.25) is 0 Å². The van der Waals surface area contributed by atoms with Gasteiger partial charge in [-0.3, -0.25) is 9.05 Å². The van der Waals surface area contributed by atoms with Crippen molar-refractivity contribution in [3.8, 4) is 0 Å². The molecule has 3 atom stereocenters. The number of phosphoric acid groups is 1. The van der Waals surface area contributed by atoms with Crippen LogP contribution in [0.5, 0.6) is 0 Å². The van der Waals surface area contributed by atoms with Crippen molar-refractivity contribution in [2.45, 2.75) is 86.0 Å². The molecule has 3 unspecified atom stereocenters. The molecular formula is C18H39O4P. The summed E-state index contributed by atoms with van der Waals surface area (Å²) in [6.07, 6.45) is 8.67. The van der Waals surface area contributed by atoms with Crippen LogP contribution < -0.4 is 0 Å². The lowest BCUT2D eigenvalue weighted by atomic mass is 9.98. The van der Waals surface area contributed by atoms with Crippen molar-refractivity contribution < 1.29 is 18.5 Å². The topological polar surface area (TPSA) is 55.8 Å². The third-order valence-corrected chi connectivity index (χ3v) is 5.34. The zero-order chi connectivity index (χ0) is 17.7. The molecule has 0 fully saturated rings. The van der Waals surface area contributed by atoms with Gasteiger partial charge in [-0.25, -0.2) is 4.57 Å². The lowest BCUT2D eigenvalue weighted by Crippen LogP contribution is -2.09. The van der Waals surface area contributed by atoms with Gasteiger partial charge in [0.15, 0.2) is 0 Å². The molecule has 0 aliphatic heterocycles. The first-order valence-electron chi connectivity index (χ1n) is 9.42. The van der Waals surface area contributed by atoms with Gasteiger partial charge in [0.1, 0.15) is 0 Å². The SMILES string of the molecule is CCCCC(CC)COP(=O)(O)OCCC(C)CCCC(C)C. The van der Waals surface area contributed by atoms with E-state index in [1.807, 2.05) is 0 Å². The Morgan fingerprint density at radius 1 is 0.957 bits per heavy atom. The van der Waals surface area contributed by atoms with Crippen LogP contribution in [-0.4, -0.2) is 18.1 Å². The lowest BCUT2D eigenvalue weighted by molar-refractivity contribution is 0.122. The maximum Gasteiger partial charge on any atom is 0.472 e. The zero-order valence-electron chi connectivity index (χ0n) is 15.9. The Morgan fingerprint density at radius 3 is 2.22 bits per heavy atom. The van der Waals surface area contributed by atoms with Gasteiger partial charge in [0.25, 0.3) is 0 Å². The van der Waals surface area contributed by atoms with Gasteiger partial charge in [-0.05, 0) is 30.6 Å². The maximum absolute atomic E-state index is 11.9. The number of unbranched alkanes of at least 4 members (excludes halogenated alkanes) is 1. The highest BCUT2D eigenvalue weighted by molar-refractivity contribution is 7.47. The predicted octanol–water partition coefficient (Wildman–Crippen LogP) is 6.19. The second kappa shape index (κ2) is 13.4. The van der Waals surface area contributed by atoms with Gasteiger partial charge in [-0.15, -0.1) is 0 Å². The van der Waals surface area contributed by atoms with Crippen LogP contribution in [0, 0.1) is 17.8 Å². The van der Waals surface area contributed by atoms with E-state index in [0.29, 0.717) is 25.0 Å². The van der Waals surface area contributed by atoms with Gasteiger partial charge < -0.3 is 4.89 Å². The van der Waals surface area contributed by atoms with E-state index in [2.05, 4.69) is 34.6 Å². The van der Waals surface area contributed by atoms with E-state index >= 15 is 0 Å². The number of rotatable bonds is 15. The van der Waals surface area contributed by atoms with Gasteiger partial charge in [-0.2, -0.15) is 0 Å².